The Labute approximate surface area is 313 Å². The fraction of sp³-hybridized carbons (Fsp3) is 0. The number of fused-ring (bicyclic) bond motifs is 7. The zero-order valence-electron chi connectivity index (χ0n) is 29.5. The van der Waals surface area contributed by atoms with Crippen LogP contribution in [-0.4, -0.2) is 9.13 Å². The van der Waals surface area contributed by atoms with Crippen molar-refractivity contribution in [1.82, 2.24) is 9.13 Å². The van der Waals surface area contributed by atoms with E-state index in [1.165, 1.54) is 93.5 Å². The van der Waals surface area contributed by atoms with Gasteiger partial charge in [0, 0.05) is 32.9 Å². The first-order valence-electron chi connectivity index (χ1n) is 18.6. The minimum absolute atomic E-state index is 1.16. The van der Waals surface area contributed by atoms with Crippen molar-refractivity contribution in [3.05, 3.63) is 206 Å². The van der Waals surface area contributed by atoms with Crippen molar-refractivity contribution in [2.45, 2.75) is 0 Å². The van der Waals surface area contributed by atoms with Crippen LogP contribution < -0.4 is 0 Å². The molecule has 0 N–H and O–H groups in total. The van der Waals surface area contributed by atoms with E-state index in [0.717, 1.165) is 5.69 Å². The molecule has 11 aromatic rings. The number of aromatic nitrogens is 2. The molecule has 2 heterocycles. The summed E-state index contributed by atoms with van der Waals surface area (Å²) in [5, 5.41) is 7.53. The molecule has 54 heavy (non-hydrogen) atoms. The Hall–Kier alpha value is -7.16. The maximum atomic E-state index is 2.39. The second-order valence-electron chi connectivity index (χ2n) is 14.2. The zero-order valence-corrected chi connectivity index (χ0v) is 29.5. The van der Waals surface area contributed by atoms with E-state index in [-0.39, 0.29) is 0 Å². The molecule has 0 spiro atoms. The summed E-state index contributed by atoms with van der Waals surface area (Å²) in [6.07, 6.45) is 0. The third-order valence-corrected chi connectivity index (χ3v) is 11.1. The number of benzene rings is 9. The van der Waals surface area contributed by atoms with Crippen LogP contribution in [0.15, 0.2) is 206 Å². The highest BCUT2D eigenvalue weighted by molar-refractivity contribution is 6.12. The molecule has 0 saturated carbocycles. The van der Waals surface area contributed by atoms with E-state index in [2.05, 4.69) is 215 Å². The average molecular weight is 687 g/mol. The lowest BCUT2D eigenvalue weighted by molar-refractivity contribution is 1.18. The van der Waals surface area contributed by atoms with Gasteiger partial charge in [0.1, 0.15) is 0 Å². The molecule has 2 aromatic heterocycles. The van der Waals surface area contributed by atoms with Gasteiger partial charge in [-0.3, -0.25) is 0 Å². The molecule has 2 nitrogen and oxygen atoms in total. The lowest BCUT2D eigenvalue weighted by Gasteiger charge is -2.10. The van der Waals surface area contributed by atoms with Crippen LogP contribution in [0, 0.1) is 0 Å². The molecule has 0 aliphatic carbocycles. The summed E-state index contributed by atoms with van der Waals surface area (Å²) in [6, 6.07) is 75.2. The van der Waals surface area contributed by atoms with E-state index in [1.807, 2.05) is 0 Å². The summed E-state index contributed by atoms with van der Waals surface area (Å²) in [5.74, 6) is 0. The van der Waals surface area contributed by atoms with Gasteiger partial charge in [0.15, 0.2) is 0 Å². The maximum Gasteiger partial charge on any atom is 0.0541 e. The standard InChI is InChI=1S/C52H34N2/c1-3-11-35(12-4-1)36-23-27-44(28-24-36)54-50-18-10-8-16-46(50)48-34-42(26-30-52(48)54)40-22-20-37-31-39(21-19-38(37)32-40)41-25-29-51-47(33-41)45-15-7-9-17-49(45)53(51)43-13-5-2-6-14-43/h1-34H. The van der Waals surface area contributed by atoms with Gasteiger partial charge in [-0.15, -0.1) is 0 Å². The summed E-state index contributed by atoms with van der Waals surface area (Å²) in [4.78, 5) is 0. The summed E-state index contributed by atoms with van der Waals surface area (Å²) < 4.78 is 4.76. The number of rotatable bonds is 5. The Morgan fingerprint density at radius 3 is 1.13 bits per heavy atom. The van der Waals surface area contributed by atoms with Gasteiger partial charge in [-0.05, 0) is 117 Å². The Morgan fingerprint density at radius 1 is 0.222 bits per heavy atom. The lowest BCUT2D eigenvalue weighted by atomic mass is 9.96. The first-order valence-corrected chi connectivity index (χ1v) is 18.6. The summed E-state index contributed by atoms with van der Waals surface area (Å²) in [6.45, 7) is 0. The van der Waals surface area contributed by atoms with Gasteiger partial charge in [0.25, 0.3) is 0 Å². The normalized spacial score (nSPS) is 11.7. The molecule has 0 aliphatic heterocycles. The Balaban J connectivity index is 0.959. The second-order valence-corrected chi connectivity index (χ2v) is 14.2. The van der Waals surface area contributed by atoms with Crippen LogP contribution in [0.1, 0.15) is 0 Å². The summed E-state index contributed by atoms with van der Waals surface area (Å²) in [7, 11) is 0. The second kappa shape index (κ2) is 12.2. The minimum atomic E-state index is 1.16. The van der Waals surface area contributed by atoms with Crippen molar-refractivity contribution in [2.75, 3.05) is 0 Å². The van der Waals surface area contributed by atoms with Crippen LogP contribution in [0.2, 0.25) is 0 Å². The fourth-order valence-corrected chi connectivity index (χ4v) is 8.48. The van der Waals surface area contributed by atoms with E-state index in [4.69, 9.17) is 0 Å². The molecule has 0 unspecified atom stereocenters. The minimum Gasteiger partial charge on any atom is -0.309 e. The van der Waals surface area contributed by atoms with E-state index in [1.54, 1.807) is 0 Å². The van der Waals surface area contributed by atoms with E-state index < -0.39 is 0 Å². The van der Waals surface area contributed by atoms with Crippen LogP contribution in [0.5, 0.6) is 0 Å². The monoisotopic (exact) mass is 686 g/mol. The van der Waals surface area contributed by atoms with Crippen molar-refractivity contribution in [2.24, 2.45) is 0 Å². The molecule has 9 aromatic carbocycles. The highest BCUT2D eigenvalue weighted by atomic mass is 15.0. The van der Waals surface area contributed by atoms with Crippen LogP contribution in [0.4, 0.5) is 0 Å². The van der Waals surface area contributed by atoms with Gasteiger partial charge in [-0.1, -0.05) is 133 Å². The topological polar surface area (TPSA) is 9.86 Å². The van der Waals surface area contributed by atoms with Crippen molar-refractivity contribution in [1.29, 1.82) is 0 Å². The summed E-state index contributed by atoms with van der Waals surface area (Å²) in [5.41, 5.74) is 14.5. The molecule has 2 heteroatoms. The lowest BCUT2D eigenvalue weighted by Crippen LogP contribution is -1.93. The predicted molar refractivity (Wildman–Crippen MR) is 229 cm³/mol. The Bertz CT molecular complexity index is 3180. The molecule has 0 saturated heterocycles. The molecule has 0 bridgehead atoms. The average Bonchev–Trinajstić information content (AvgIpc) is 3.76. The van der Waals surface area contributed by atoms with Crippen LogP contribution >= 0.6 is 0 Å². The highest BCUT2D eigenvalue weighted by Crippen LogP contribution is 2.38. The van der Waals surface area contributed by atoms with Crippen molar-refractivity contribution in [3.63, 3.8) is 0 Å². The van der Waals surface area contributed by atoms with Gasteiger partial charge < -0.3 is 9.13 Å². The van der Waals surface area contributed by atoms with Crippen molar-refractivity contribution >= 4 is 54.4 Å². The first kappa shape index (κ1) is 30.5. The number of hydrogen-bond acceptors (Lipinski definition) is 0. The fourth-order valence-electron chi connectivity index (χ4n) is 8.48. The highest BCUT2D eigenvalue weighted by Gasteiger charge is 2.15. The Kier molecular flexibility index (Phi) is 6.90. The zero-order chi connectivity index (χ0) is 35.6. The molecule has 252 valence electrons. The maximum absolute atomic E-state index is 2.39. The van der Waals surface area contributed by atoms with Crippen LogP contribution in [-0.2, 0) is 0 Å². The number of para-hydroxylation sites is 3. The number of nitrogens with zero attached hydrogens (tertiary/aromatic N) is 2. The third-order valence-electron chi connectivity index (χ3n) is 11.1. The molecule has 0 amide bonds. The smallest absolute Gasteiger partial charge is 0.0541 e. The molecule has 11 rings (SSSR count). The van der Waals surface area contributed by atoms with Gasteiger partial charge in [-0.2, -0.15) is 0 Å². The van der Waals surface area contributed by atoms with Gasteiger partial charge >= 0.3 is 0 Å². The molecule has 0 aliphatic rings. The first-order chi connectivity index (χ1) is 26.8. The van der Waals surface area contributed by atoms with Crippen molar-refractivity contribution in [3.8, 4) is 44.8 Å². The third kappa shape index (κ3) is 4.88. The van der Waals surface area contributed by atoms with E-state index in [0.29, 0.717) is 0 Å². The van der Waals surface area contributed by atoms with Crippen molar-refractivity contribution < 1.29 is 0 Å². The van der Waals surface area contributed by atoms with E-state index >= 15 is 0 Å². The Morgan fingerprint density at radius 2 is 0.593 bits per heavy atom. The number of hydrogen-bond donors (Lipinski definition) is 0. The predicted octanol–water partition coefficient (Wildman–Crippen LogP) is 14.0. The van der Waals surface area contributed by atoms with Gasteiger partial charge in [-0.25, -0.2) is 0 Å². The van der Waals surface area contributed by atoms with Crippen LogP contribution in [0.25, 0.3) is 99.1 Å². The quantitative estimate of drug-likeness (QED) is 0.171. The molecule has 0 fully saturated rings. The molecular weight excluding hydrogens is 653 g/mol. The van der Waals surface area contributed by atoms with Crippen LogP contribution in [0.3, 0.4) is 0 Å². The van der Waals surface area contributed by atoms with Gasteiger partial charge in [0.2, 0.25) is 0 Å². The largest absolute Gasteiger partial charge is 0.309 e. The van der Waals surface area contributed by atoms with Gasteiger partial charge in [0.05, 0.1) is 22.1 Å². The molecular formula is C52H34N2. The molecule has 0 radical (unpaired) electrons. The SMILES string of the molecule is c1ccc(-c2ccc(-n3c4ccccc4c4cc(-c5ccc6cc(-c7ccc8c(c7)c7ccccc7n8-c7ccccc7)ccc6c5)ccc43)cc2)cc1. The van der Waals surface area contributed by atoms with E-state index in [9.17, 15) is 0 Å². The summed E-state index contributed by atoms with van der Waals surface area (Å²) >= 11 is 0. The molecule has 0 atom stereocenters.